The van der Waals surface area contributed by atoms with Crippen molar-refractivity contribution >= 4 is 22.4 Å². The number of amides is 1. The summed E-state index contributed by atoms with van der Waals surface area (Å²) in [4.78, 5) is 14.1. The minimum atomic E-state index is -0.185. The second-order valence-corrected chi connectivity index (χ2v) is 7.74. The number of rotatable bonds is 6. The molecule has 3 aromatic rings. The third kappa shape index (κ3) is 4.55. The standard InChI is InChI=1S/C18H21N7OS/c26-17(14-4-6-15(7-5-14)25-12-19-20-13-25)21-18-23-22-16(27-18)8-11-24-9-2-1-3-10-24/h4-7,12-13H,1-3,8-11H2,(H,21,23,26)/p+1. The van der Waals surface area contributed by atoms with E-state index in [-0.39, 0.29) is 5.91 Å². The highest BCUT2D eigenvalue weighted by Crippen LogP contribution is 2.17. The number of anilines is 1. The number of nitrogens with zero attached hydrogens (tertiary/aromatic N) is 5. The molecule has 140 valence electrons. The van der Waals surface area contributed by atoms with Gasteiger partial charge < -0.3 is 4.90 Å². The summed E-state index contributed by atoms with van der Waals surface area (Å²) in [5.74, 6) is -0.185. The quantitative estimate of drug-likeness (QED) is 0.661. The Morgan fingerprint density at radius 3 is 2.56 bits per heavy atom. The Labute approximate surface area is 161 Å². The zero-order valence-electron chi connectivity index (χ0n) is 15.0. The van der Waals surface area contributed by atoms with E-state index in [0.29, 0.717) is 10.7 Å². The highest BCUT2D eigenvalue weighted by molar-refractivity contribution is 7.15. The van der Waals surface area contributed by atoms with Crippen LogP contribution in [0, 0.1) is 0 Å². The molecular formula is C18H22N7OS+. The summed E-state index contributed by atoms with van der Waals surface area (Å²) >= 11 is 1.46. The van der Waals surface area contributed by atoms with Crippen LogP contribution < -0.4 is 10.2 Å². The van der Waals surface area contributed by atoms with Crippen molar-refractivity contribution < 1.29 is 9.69 Å². The lowest BCUT2D eigenvalue weighted by molar-refractivity contribution is -0.904. The van der Waals surface area contributed by atoms with E-state index in [2.05, 4.69) is 25.7 Å². The van der Waals surface area contributed by atoms with Gasteiger partial charge in [0.2, 0.25) is 5.13 Å². The van der Waals surface area contributed by atoms with Crippen LogP contribution in [-0.4, -0.2) is 50.5 Å². The second-order valence-electron chi connectivity index (χ2n) is 6.68. The SMILES string of the molecule is O=C(Nc1nnc(CC[NH+]2CCCCC2)s1)c1ccc(-n2cnnc2)cc1. The zero-order chi connectivity index (χ0) is 18.5. The van der Waals surface area contributed by atoms with E-state index in [1.54, 1.807) is 34.3 Å². The summed E-state index contributed by atoms with van der Waals surface area (Å²) in [6, 6.07) is 7.25. The molecule has 8 nitrogen and oxygen atoms in total. The molecule has 0 aliphatic carbocycles. The minimum absolute atomic E-state index is 0.185. The van der Waals surface area contributed by atoms with Gasteiger partial charge in [-0.05, 0) is 43.5 Å². The fourth-order valence-electron chi connectivity index (χ4n) is 3.28. The first kappa shape index (κ1) is 17.7. The van der Waals surface area contributed by atoms with E-state index in [9.17, 15) is 4.79 Å². The zero-order valence-corrected chi connectivity index (χ0v) is 15.8. The maximum atomic E-state index is 12.4. The van der Waals surface area contributed by atoms with Crippen LogP contribution in [0.15, 0.2) is 36.9 Å². The molecule has 1 aliphatic rings. The molecule has 1 amide bonds. The average Bonchev–Trinajstić information content (AvgIpc) is 3.40. The molecule has 9 heteroatoms. The van der Waals surface area contributed by atoms with Crippen molar-refractivity contribution in [3.05, 3.63) is 47.5 Å². The van der Waals surface area contributed by atoms with E-state index in [1.165, 1.54) is 43.7 Å². The van der Waals surface area contributed by atoms with Crippen molar-refractivity contribution in [3.8, 4) is 5.69 Å². The molecule has 0 atom stereocenters. The number of aromatic nitrogens is 5. The molecule has 1 aromatic carbocycles. The largest absolute Gasteiger partial charge is 0.335 e. The molecule has 0 bridgehead atoms. The fraction of sp³-hybridized carbons (Fsp3) is 0.389. The average molecular weight is 384 g/mol. The van der Waals surface area contributed by atoms with Gasteiger partial charge in [0.15, 0.2) is 0 Å². The summed E-state index contributed by atoms with van der Waals surface area (Å²) in [6.07, 6.45) is 8.15. The van der Waals surface area contributed by atoms with Crippen molar-refractivity contribution in [1.82, 2.24) is 25.0 Å². The van der Waals surface area contributed by atoms with Gasteiger partial charge in [-0.2, -0.15) is 0 Å². The van der Waals surface area contributed by atoms with Gasteiger partial charge in [-0.1, -0.05) is 11.3 Å². The lowest BCUT2D eigenvalue weighted by Gasteiger charge is -2.22. The first-order valence-electron chi connectivity index (χ1n) is 9.20. The molecule has 1 saturated heterocycles. The monoisotopic (exact) mass is 384 g/mol. The number of quaternary nitrogens is 1. The van der Waals surface area contributed by atoms with Crippen LogP contribution in [0.4, 0.5) is 5.13 Å². The van der Waals surface area contributed by atoms with Gasteiger partial charge >= 0.3 is 0 Å². The van der Waals surface area contributed by atoms with Crippen molar-refractivity contribution in [2.45, 2.75) is 25.7 Å². The number of hydrogen-bond acceptors (Lipinski definition) is 6. The van der Waals surface area contributed by atoms with E-state index < -0.39 is 0 Å². The first-order valence-corrected chi connectivity index (χ1v) is 10.0. The molecular weight excluding hydrogens is 362 g/mol. The van der Waals surface area contributed by atoms with Crippen LogP contribution in [0.3, 0.4) is 0 Å². The van der Waals surface area contributed by atoms with Gasteiger partial charge in [0, 0.05) is 11.3 Å². The summed E-state index contributed by atoms with van der Waals surface area (Å²) in [5.41, 5.74) is 1.47. The first-order chi connectivity index (χ1) is 13.3. The van der Waals surface area contributed by atoms with Crippen LogP contribution in [0.1, 0.15) is 34.6 Å². The third-order valence-corrected chi connectivity index (χ3v) is 5.69. The topological polar surface area (TPSA) is 90.0 Å². The van der Waals surface area contributed by atoms with Crippen LogP contribution in [0.5, 0.6) is 0 Å². The predicted octanol–water partition coefficient (Wildman–Crippen LogP) is 0.982. The molecule has 1 fully saturated rings. The van der Waals surface area contributed by atoms with Gasteiger partial charge in [0.05, 0.1) is 26.1 Å². The molecule has 0 unspecified atom stereocenters. The van der Waals surface area contributed by atoms with Crippen LogP contribution in [-0.2, 0) is 6.42 Å². The highest BCUT2D eigenvalue weighted by atomic mass is 32.1. The normalized spacial score (nSPS) is 15.0. The maximum Gasteiger partial charge on any atom is 0.257 e. The number of carbonyl (C=O) groups is 1. The van der Waals surface area contributed by atoms with Crippen molar-refractivity contribution in [1.29, 1.82) is 0 Å². The highest BCUT2D eigenvalue weighted by Gasteiger charge is 2.15. The third-order valence-electron chi connectivity index (χ3n) is 4.79. The Hall–Kier alpha value is -2.65. The molecule has 0 radical (unpaired) electrons. The fourth-order valence-corrected chi connectivity index (χ4v) is 4.01. The van der Waals surface area contributed by atoms with E-state index in [4.69, 9.17) is 0 Å². The lowest BCUT2D eigenvalue weighted by atomic mass is 10.1. The van der Waals surface area contributed by atoms with Gasteiger partial charge in [-0.25, -0.2) is 0 Å². The summed E-state index contributed by atoms with van der Waals surface area (Å²) < 4.78 is 1.78. The Morgan fingerprint density at radius 2 is 1.81 bits per heavy atom. The number of piperidine rings is 1. The summed E-state index contributed by atoms with van der Waals surface area (Å²) in [5, 5.41) is 20.2. The van der Waals surface area contributed by atoms with Crippen LogP contribution in [0.2, 0.25) is 0 Å². The van der Waals surface area contributed by atoms with Crippen molar-refractivity contribution in [2.75, 3.05) is 25.0 Å². The molecule has 2 aromatic heterocycles. The predicted molar refractivity (Wildman–Crippen MR) is 102 cm³/mol. The Morgan fingerprint density at radius 1 is 1.07 bits per heavy atom. The smallest absolute Gasteiger partial charge is 0.257 e. The Balaban J connectivity index is 1.32. The molecule has 27 heavy (non-hydrogen) atoms. The van der Waals surface area contributed by atoms with Gasteiger partial charge in [-0.3, -0.25) is 14.7 Å². The summed E-state index contributed by atoms with van der Waals surface area (Å²) in [7, 11) is 0. The Bertz CT molecular complexity index is 870. The molecule has 0 spiro atoms. The second kappa shape index (κ2) is 8.36. The van der Waals surface area contributed by atoms with Gasteiger partial charge in [0.25, 0.3) is 5.91 Å². The van der Waals surface area contributed by atoms with Gasteiger partial charge in [-0.15, -0.1) is 20.4 Å². The van der Waals surface area contributed by atoms with E-state index in [1.807, 2.05) is 12.1 Å². The van der Waals surface area contributed by atoms with E-state index >= 15 is 0 Å². The minimum Gasteiger partial charge on any atom is -0.335 e. The number of likely N-dealkylation sites (tertiary alicyclic amines) is 1. The number of nitrogens with one attached hydrogen (secondary N) is 2. The molecule has 0 saturated carbocycles. The summed E-state index contributed by atoms with van der Waals surface area (Å²) in [6.45, 7) is 3.61. The maximum absolute atomic E-state index is 12.4. The van der Waals surface area contributed by atoms with Crippen molar-refractivity contribution in [3.63, 3.8) is 0 Å². The van der Waals surface area contributed by atoms with Crippen LogP contribution >= 0.6 is 11.3 Å². The molecule has 2 N–H and O–H groups in total. The van der Waals surface area contributed by atoms with Gasteiger partial charge in [0.1, 0.15) is 17.7 Å². The van der Waals surface area contributed by atoms with Crippen LogP contribution in [0.25, 0.3) is 5.69 Å². The lowest BCUT2D eigenvalue weighted by Crippen LogP contribution is -3.13. The molecule has 4 rings (SSSR count). The Kier molecular flexibility index (Phi) is 5.50. The van der Waals surface area contributed by atoms with Crippen molar-refractivity contribution in [2.24, 2.45) is 0 Å². The number of carbonyl (C=O) groups excluding carboxylic acids is 1. The molecule has 3 heterocycles. The molecule has 1 aliphatic heterocycles. The van der Waals surface area contributed by atoms with E-state index in [0.717, 1.165) is 23.7 Å². The number of hydrogen-bond donors (Lipinski definition) is 2. The number of benzene rings is 1.